The van der Waals surface area contributed by atoms with Gasteiger partial charge in [0, 0.05) is 13.1 Å². The van der Waals surface area contributed by atoms with Crippen LogP contribution in [0.5, 0.6) is 0 Å². The number of aromatic nitrogens is 4. The van der Waals surface area contributed by atoms with Gasteiger partial charge in [-0.15, -0.1) is 0 Å². The standard InChI is InChI=1S/C15H24N4S/c1-4-12-13-14(18(3)17-12)19(15(20)16-13)10(2)11-8-6-5-7-9-11/h10-11H,4-9H2,1-3H3,(H,16,20). The molecule has 0 spiro atoms. The van der Waals surface area contributed by atoms with Gasteiger partial charge in [0.15, 0.2) is 10.4 Å². The predicted molar refractivity (Wildman–Crippen MR) is 84.6 cm³/mol. The fourth-order valence-corrected chi connectivity index (χ4v) is 4.04. The van der Waals surface area contributed by atoms with Crippen LogP contribution in [0.2, 0.25) is 0 Å². The van der Waals surface area contributed by atoms with Crippen LogP contribution in [0.4, 0.5) is 0 Å². The summed E-state index contributed by atoms with van der Waals surface area (Å²) in [5.74, 6) is 0.745. The highest BCUT2D eigenvalue weighted by molar-refractivity contribution is 7.71. The van der Waals surface area contributed by atoms with Crippen molar-refractivity contribution in [3.63, 3.8) is 0 Å². The van der Waals surface area contributed by atoms with Crippen LogP contribution >= 0.6 is 12.2 Å². The Bertz CT molecular complexity index is 657. The number of nitrogens with zero attached hydrogens (tertiary/aromatic N) is 3. The molecule has 1 aliphatic rings. The van der Waals surface area contributed by atoms with E-state index in [1.807, 2.05) is 11.7 Å². The van der Waals surface area contributed by atoms with E-state index >= 15 is 0 Å². The second kappa shape index (κ2) is 5.35. The first kappa shape index (κ1) is 13.9. The van der Waals surface area contributed by atoms with Crippen LogP contribution in [0.3, 0.4) is 0 Å². The molecule has 5 heteroatoms. The quantitative estimate of drug-likeness (QED) is 0.864. The van der Waals surface area contributed by atoms with Crippen LogP contribution in [0.25, 0.3) is 11.2 Å². The second-order valence-electron chi connectivity index (χ2n) is 6.06. The summed E-state index contributed by atoms with van der Waals surface area (Å²) in [6, 6.07) is 0.455. The lowest BCUT2D eigenvalue weighted by Crippen LogP contribution is -2.20. The minimum Gasteiger partial charge on any atom is -0.328 e. The van der Waals surface area contributed by atoms with Crippen LogP contribution in [-0.2, 0) is 13.5 Å². The molecule has 1 atom stereocenters. The molecule has 4 nitrogen and oxygen atoms in total. The molecule has 3 rings (SSSR count). The van der Waals surface area contributed by atoms with E-state index in [0.717, 1.165) is 34.0 Å². The summed E-state index contributed by atoms with van der Waals surface area (Å²) in [5, 5.41) is 4.62. The first-order valence-electron chi connectivity index (χ1n) is 7.79. The molecular formula is C15H24N4S. The minimum atomic E-state index is 0.455. The Kier molecular flexibility index (Phi) is 3.71. The maximum Gasteiger partial charge on any atom is 0.179 e. The van der Waals surface area contributed by atoms with E-state index in [1.165, 1.54) is 32.1 Å². The van der Waals surface area contributed by atoms with Crippen molar-refractivity contribution in [1.82, 2.24) is 19.3 Å². The fourth-order valence-electron chi connectivity index (χ4n) is 3.69. The van der Waals surface area contributed by atoms with Crippen molar-refractivity contribution in [3.8, 4) is 0 Å². The molecule has 2 heterocycles. The van der Waals surface area contributed by atoms with Gasteiger partial charge in [-0.1, -0.05) is 26.2 Å². The largest absolute Gasteiger partial charge is 0.328 e. The Morgan fingerprint density at radius 3 is 2.70 bits per heavy atom. The van der Waals surface area contributed by atoms with E-state index in [4.69, 9.17) is 12.2 Å². The van der Waals surface area contributed by atoms with Gasteiger partial charge in [-0.3, -0.25) is 9.25 Å². The van der Waals surface area contributed by atoms with Gasteiger partial charge in [-0.25, -0.2) is 0 Å². The summed E-state index contributed by atoms with van der Waals surface area (Å²) >= 11 is 5.59. The number of imidazole rings is 1. The van der Waals surface area contributed by atoms with Gasteiger partial charge in [0.25, 0.3) is 0 Å². The first-order valence-corrected chi connectivity index (χ1v) is 8.20. The van der Waals surface area contributed by atoms with Crippen LogP contribution < -0.4 is 0 Å². The molecule has 110 valence electrons. The maximum absolute atomic E-state index is 5.59. The summed E-state index contributed by atoms with van der Waals surface area (Å²) in [7, 11) is 2.02. The fraction of sp³-hybridized carbons (Fsp3) is 0.733. The monoisotopic (exact) mass is 292 g/mol. The lowest BCUT2D eigenvalue weighted by Gasteiger charge is -2.28. The minimum absolute atomic E-state index is 0.455. The Morgan fingerprint density at radius 2 is 2.05 bits per heavy atom. The summed E-state index contributed by atoms with van der Waals surface area (Å²) in [4.78, 5) is 3.38. The van der Waals surface area contributed by atoms with Gasteiger partial charge in [0.05, 0.1) is 5.69 Å². The predicted octanol–water partition coefficient (Wildman–Crippen LogP) is 4.14. The number of hydrogen-bond donors (Lipinski definition) is 1. The molecule has 20 heavy (non-hydrogen) atoms. The molecule has 0 aliphatic heterocycles. The Hall–Kier alpha value is -1.10. The molecule has 0 aromatic carbocycles. The van der Waals surface area contributed by atoms with Crippen molar-refractivity contribution in [2.24, 2.45) is 13.0 Å². The lowest BCUT2D eigenvalue weighted by molar-refractivity contribution is 0.265. The van der Waals surface area contributed by atoms with E-state index in [0.29, 0.717) is 6.04 Å². The number of hydrogen-bond acceptors (Lipinski definition) is 2. The van der Waals surface area contributed by atoms with Crippen LogP contribution in [0.1, 0.15) is 57.7 Å². The number of fused-ring (bicyclic) bond motifs is 1. The molecule has 1 unspecified atom stereocenters. The van der Waals surface area contributed by atoms with E-state index in [2.05, 4.69) is 28.5 Å². The van der Waals surface area contributed by atoms with Gasteiger partial charge >= 0.3 is 0 Å². The van der Waals surface area contributed by atoms with Crippen molar-refractivity contribution in [2.45, 2.75) is 58.4 Å². The van der Waals surface area contributed by atoms with E-state index in [1.54, 1.807) is 0 Å². The zero-order valence-corrected chi connectivity index (χ0v) is 13.5. The van der Waals surface area contributed by atoms with E-state index in [9.17, 15) is 0 Å². The number of rotatable bonds is 3. The number of aromatic amines is 1. The molecule has 0 bridgehead atoms. The van der Waals surface area contributed by atoms with Crippen molar-refractivity contribution in [1.29, 1.82) is 0 Å². The summed E-state index contributed by atoms with van der Waals surface area (Å²) in [6.07, 6.45) is 7.71. The van der Waals surface area contributed by atoms with Crippen LogP contribution in [-0.4, -0.2) is 19.3 Å². The topological polar surface area (TPSA) is 38.5 Å². The van der Waals surface area contributed by atoms with Crippen LogP contribution in [0, 0.1) is 10.7 Å². The van der Waals surface area contributed by atoms with Crippen molar-refractivity contribution < 1.29 is 0 Å². The van der Waals surface area contributed by atoms with Crippen molar-refractivity contribution >= 4 is 23.4 Å². The zero-order chi connectivity index (χ0) is 14.3. The highest BCUT2D eigenvalue weighted by atomic mass is 32.1. The Labute approximate surface area is 125 Å². The zero-order valence-electron chi connectivity index (χ0n) is 12.6. The molecular weight excluding hydrogens is 268 g/mol. The third kappa shape index (κ3) is 2.12. The van der Waals surface area contributed by atoms with Crippen molar-refractivity contribution in [2.75, 3.05) is 0 Å². The number of nitrogens with one attached hydrogen (secondary N) is 1. The van der Waals surface area contributed by atoms with Gasteiger partial charge in [-0.2, -0.15) is 5.10 Å². The molecule has 1 saturated carbocycles. The molecule has 0 radical (unpaired) electrons. The van der Waals surface area contributed by atoms with Gasteiger partial charge in [0.1, 0.15) is 5.52 Å². The SMILES string of the molecule is CCc1nn(C)c2c1[nH]c(=S)n2C(C)C1CCCCC1. The van der Waals surface area contributed by atoms with Crippen molar-refractivity contribution in [3.05, 3.63) is 10.5 Å². The number of H-pyrrole nitrogens is 1. The van der Waals surface area contributed by atoms with Gasteiger partial charge in [0.2, 0.25) is 0 Å². The summed E-state index contributed by atoms with van der Waals surface area (Å²) < 4.78 is 5.13. The third-order valence-electron chi connectivity index (χ3n) is 4.84. The number of aryl methyl sites for hydroxylation is 2. The maximum atomic E-state index is 5.59. The summed E-state index contributed by atoms with van der Waals surface area (Å²) in [5.41, 5.74) is 3.40. The summed E-state index contributed by atoms with van der Waals surface area (Å²) in [6.45, 7) is 4.46. The van der Waals surface area contributed by atoms with Gasteiger partial charge < -0.3 is 4.98 Å². The van der Waals surface area contributed by atoms with E-state index < -0.39 is 0 Å². The van der Waals surface area contributed by atoms with Gasteiger partial charge in [-0.05, 0) is 44.3 Å². The lowest BCUT2D eigenvalue weighted by atomic mass is 9.84. The molecule has 2 aromatic rings. The highest BCUT2D eigenvalue weighted by Crippen LogP contribution is 2.34. The second-order valence-corrected chi connectivity index (χ2v) is 6.45. The Balaban J connectivity index is 2.08. The van der Waals surface area contributed by atoms with E-state index in [-0.39, 0.29) is 0 Å². The molecule has 1 N–H and O–H groups in total. The average Bonchev–Trinajstić information content (AvgIpc) is 2.96. The first-order chi connectivity index (χ1) is 9.63. The molecule has 1 fully saturated rings. The highest BCUT2D eigenvalue weighted by Gasteiger charge is 2.25. The molecule has 1 aliphatic carbocycles. The smallest absolute Gasteiger partial charge is 0.179 e. The molecule has 0 saturated heterocycles. The average molecular weight is 292 g/mol. The normalized spacial score (nSPS) is 18.8. The third-order valence-corrected chi connectivity index (χ3v) is 5.14. The Morgan fingerprint density at radius 1 is 1.35 bits per heavy atom. The molecule has 0 amide bonds. The molecule has 2 aromatic heterocycles. The van der Waals surface area contributed by atoms with Crippen LogP contribution in [0.15, 0.2) is 0 Å².